The van der Waals surface area contributed by atoms with Crippen molar-refractivity contribution < 1.29 is 4.59 Å². The zero-order valence-electron chi connectivity index (χ0n) is 21.0. The van der Waals surface area contributed by atoms with E-state index < -0.39 is 0 Å². The number of pyridine rings is 1. The van der Waals surface area contributed by atoms with Gasteiger partial charge in [0.15, 0.2) is 0 Å². The van der Waals surface area contributed by atoms with Crippen LogP contribution in [0.15, 0.2) is 88.4 Å². The summed E-state index contributed by atoms with van der Waals surface area (Å²) in [6.07, 6.45) is 7.85. The largest absolute Gasteiger partial charge is 0.340 e. The number of amidine groups is 1. The fourth-order valence-corrected chi connectivity index (χ4v) is 5.61. The van der Waals surface area contributed by atoms with Crippen molar-refractivity contribution in [3.8, 4) is 0 Å². The van der Waals surface area contributed by atoms with E-state index in [-0.39, 0.29) is 4.59 Å². The van der Waals surface area contributed by atoms with Crippen LogP contribution in [0.4, 0.5) is 11.5 Å². The SMILES string of the molecule is Cc1cc(Nc2ccccc2)nc2cc(C3=NC(C4CC(CN(C)C)C4)=C4C=NC=C[N+]34N)ccc12. The molecule has 3 aromatic rings. The molecule has 0 spiro atoms. The number of hydrogen-bond donors (Lipinski definition) is 2. The van der Waals surface area contributed by atoms with Gasteiger partial charge in [-0.05, 0) is 75.7 Å². The number of aliphatic imine (C=N–C) groups is 2. The Labute approximate surface area is 211 Å². The van der Waals surface area contributed by atoms with Gasteiger partial charge in [-0.25, -0.2) is 4.98 Å². The summed E-state index contributed by atoms with van der Waals surface area (Å²) in [6.45, 7) is 3.23. The van der Waals surface area contributed by atoms with Crippen molar-refractivity contribution in [1.29, 1.82) is 0 Å². The number of quaternary nitrogens is 1. The van der Waals surface area contributed by atoms with Crippen LogP contribution in [0.2, 0.25) is 0 Å². The zero-order chi connectivity index (χ0) is 24.9. The van der Waals surface area contributed by atoms with Crippen molar-refractivity contribution in [1.82, 2.24) is 9.88 Å². The standard InChI is InChI=1S/C29H32N7/c1-19-13-27(32-23-7-5-4-6-8-23)33-25-16-21(9-10-24(19)25)29-34-28(22-14-20(15-22)18-35(2)3)26-17-31-11-12-36(26,29)30/h4-13,16-17,20,22H,14-15,18,30H2,1-3H3,(H,32,33)/q+1. The molecule has 2 aliphatic heterocycles. The number of anilines is 2. The van der Waals surface area contributed by atoms with Crippen LogP contribution < -0.4 is 11.2 Å². The number of fused-ring (bicyclic) bond motifs is 2. The number of para-hydroxylation sites is 1. The zero-order valence-corrected chi connectivity index (χ0v) is 21.0. The van der Waals surface area contributed by atoms with E-state index in [2.05, 4.69) is 60.5 Å². The lowest BCUT2D eigenvalue weighted by atomic mass is 9.72. The summed E-state index contributed by atoms with van der Waals surface area (Å²) >= 11 is 0. The molecule has 3 N–H and O–H groups in total. The molecule has 0 bridgehead atoms. The Kier molecular flexibility index (Phi) is 5.56. The molecule has 1 unspecified atom stereocenters. The molecule has 182 valence electrons. The molecule has 7 heteroatoms. The first-order valence-electron chi connectivity index (χ1n) is 12.5. The molecule has 0 radical (unpaired) electrons. The maximum absolute atomic E-state index is 7.00. The number of hydrogen-bond acceptors (Lipinski definition) is 6. The highest BCUT2D eigenvalue weighted by Gasteiger charge is 2.48. The molecule has 0 amide bonds. The van der Waals surface area contributed by atoms with E-state index in [0.29, 0.717) is 11.8 Å². The third kappa shape index (κ3) is 3.95. The predicted octanol–water partition coefficient (Wildman–Crippen LogP) is 5.09. The molecule has 1 fully saturated rings. The van der Waals surface area contributed by atoms with E-state index >= 15 is 0 Å². The lowest BCUT2D eigenvalue weighted by molar-refractivity contribution is -0.750. The molecule has 3 aliphatic rings. The summed E-state index contributed by atoms with van der Waals surface area (Å²) in [7, 11) is 4.27. The third-order valence-electron chi connectivity index (χ3n) is 7.39. The van der Waals surface area contributed by atoms with Crippen LogP contribution in [0, 0.1) is 18.8 Å². The second-order valence-electron chi connectivity index (χ2n) is 10.4. The smallest absolute Gasteiger partial charge is 0.264 e. The monoisotopic (exact) mass is 478 g/mol. The number of rotatable bonds is 6. The molecular weight excluding hydrogens is 446 g/mol. The average Bonchev–Trinajstić information content (AvgIpc) is 3.14. The molecule has 7 nitrogen and oxygen atoms in total. The predicted molar refractivity (Wildman–Crippen MR) is 147 cm³/mol. The minimum absolute atomic E-state index is 0.0557. The van der Waals surface area contributed by atoms with Crippen molar-refractivity contribution in [2.75, 3.05) is 26.0 Å². The first kappa shape index (κ1) is 22.8. The van der Waals surface area contributed by atoms with Gasteiger partial charge in [-0.1, -0.05) is 24.3 Å². The van der Waals surface area contributed by atoms with Crippen LogP contribution in [0.3, 0.4) is 0 Å². The maximum atomic E-state index is 7.00. The number of nitrogens with zero attached hydrogens (tertiary/aromatic N) is 5. The fraction of sp³-hybridized carbons (Fsp3) is 0.276. The quantitative estimate of drug-likeness (QED) is 0.382. The molecule has 0 saturated heterocycles. The Morgan fingerprint density at radius 1 is 1.08 bits per heavy atom. The summed E-state index contributed by atoms with van der Waals surface area (Å²) in [4.78, 5) is 16.8. The van der Waals surface area contributed by atoms with Crippen molar-refractivity contribution in [3.05, 3.63) is 89.5 Å². The van der Waals surface area contributed by atoms with Crippen LogP contribution in [-0.4, -0.2) is 47.2 Å². The average molecular weight is 479 g/mol. The van der Waals surface area contributed by atoms with Gasteiger partial charge in [0, 0.05) is 23.5 Å². The van der Waals surface area contributed by atoms with Crippen LogP contribution in [0.5, 0.6) is 0 Å². The molecule has 2 aromatic carbocycles. The Morgan fingerprint density at radius 3 is 2.67 bits per heavy atom. The van der Waals surface area contributed by atoms with E-state index in [1.807, 2.05) is 42.7 Å². The number of aryl methyl sites for hydroxylation is 1. The minimum Gasteiger partial charge on any atom is -0.340 e. The van der Waals surface area contributed by atoms with E-state index in [4.69, 9.17) is 15.8 Å². The number of nitrogens with two attached hydrogens (primary N) is 1. The summed E-state index contributed by atoms with van der Waals surface area (Å²) in [5.74, 6) is 9.76. The second-order valence-corrected chi connectivity index (χ2v) is 10.4. The molecular formula is C29H32N7+. The lowest BCUT2D eigenvalue weighted by Crippen LogP contribution is -2.53. The fourth-order valence-electron chi connectivity index (χ4n) is 5.61. The Hall–Kier alpha value is -3.65. The molecule has 1 aliphatic carbocycles. The van der Waals surface area contributed by atoms with Gasteiger partial charge < -0.3 is 10.2 Å². The summed E-state index contributed by atoms with van der Waals surface area (Å²) in [6, 6.07) is 18.5. The molecule has 1 atom stereocenters. The highest BCUT2D eigenvalue weighted by molar-refractivity contribution is 6.03. The highest BCUT2D eigenvalue weighted by atomic mass is 15.6. The number of aromatic nitrogens is 1. The van der Waals surface area contributed by atoms with E-state index in [1.54, 1.807) is 6.20 Å². The first-order valence-corrected chi connectivity index (χ1v) is 12.5. The summed E-state index contributed by atoms with van der Waals surface area (Å²) < 4.78 is 0.0557. The van der Waals surface area contributed by atoms with Gasteiger partial charge in [0.1, 0.15) is 17.7 Å². The van der Waals surface area contributed by atoms with Gasteiger partial charge in [-0.15, -0.1) is 4.59 Å². The van der Waals surface area contributed by atoms with Crippen LogP contribution in [0.1, 0.15) is 24.0 Å². The van der Waals surface area contributed by atoms with Gasteiger partial charge in [-0.2, -0.15) is 10.8 Å². The van der Waals surface area contributed by atoms with Crippen molar-refractivity contribution in [3.63, 3.8) is 0 Å². The molecule has 1 aromatic heterocycles. The topological polar surface area (TPSA) is 78.9 Å². The van der Waals surface area contributed by atoms with Gasteiger partial charge in [0.25, 0.3) is 5.84 Å². The number of allylic oxidation sites excluding steroid dienone is 2. The normalized spacial score (nSPS) is 24.8. The van der Waals surface area contributed by atoms with Gasteiger partial charge in [-0.3, -0.25) is 4.99 Å². The van der Waals surface area contributed by atoms with Crippen LogP contribution in [-0.2, 0) is 0 Å². The molecule has 1 saturated carbocycles. The third-order valence-corrected chi connectivity index (χ3v) is 7.39. The van der Waals surface area contributed by atoms with Gasteiger partial charge in [0.2, 0.25) is 5.70 Å². The van der Waals surface area contributed by atoms with Crippen molar-refractivity contribution in [2.45, 2.75) is 19.8 Å². The van der Waals surface area contributed by atoms with E-state index in [0.717, 1.165) is 64.6 Å². The lowest BCUT2D eigenvalue weighted by Gasteiger charge is -2.36. The number of benzene rings is 2. The summed E-state index contributed by atoms with van der Waals surface area (Å²) in [5, 5.41) is 4.54. The Bertz CT molecular complexity index is 1450. The second kappa shape index (κ2) is 8.78. The van der Waals surface area contributed by atoms with Crippen LogP contribution >= 0.6 is 0 Å². The highest BCUT2D eigenvalue weighted by Crippen LogP contribution is 2.45. The molecule has 6 rings (SSSR count). The summed E-state index contributed by atoms with van der Waals surface area (Å²) in [5.41, 5.74) is 6.13. The van der Waals surface area contributed by atoms with E-state index in [9.17, 15) is 0 Å². The van der Waals surface area contributed by atoms with Gasteiger partial charge in [0.05, 0.1) is 23.5 Å². The maximum Gasteiger partial charge on any atom is 0.264 e. The number of nitrogens with one attached hydrogen (secondary N) is 1. The Morgan fingerprint density at radius 2 is 1.89 bits per heavy atom. The Balaban J connectivity index is 1.35. The van der Waals surface area contributed by atoms with Crippen molar-refractivity contribution in [2.24, 2.45) is 27.7 Å². The van der Waals surface area contributed by atoms with Gasteiger partial charge >= 0.3 is 0 Å². The van der Waals surface area contributed by atoms with Crippen molar-refractivity contribution >= 4 is 34.5 Å². The first-order chi connectivity index (χ1) is 17.4. The molecule has 36 heavy (non-hydrogen) atoms. The minimum atomic E-state index is 0.0557. The van der Waals surface area contributed by atoms with Crippen LogP contribution in [0.25, 0.3) is 10.9 Å². The van der Waals surface area contributed by atoms with E-state index in [1.165, 1.54) is 5.56 Å². The molecule has 3 heterocycles.